The van der Waals surface area contributed by atoms with Crippen LogP contribution in [-0.2, 0) is 27.1 Å². The fourth-order valence-corrected chi connectivity index (χ4v) is 5.23. The van der Waals surface area contributed by atoms with Gasteiger partial charge in [-0.25, -0.2) is 9.18 Å². The molecular formula is C30H42FNO6. The molecular weight excluding hydrogens is 489 g/mol. The van der Waals surface area contributed by atoms with Gasteiger partial charge in [0.25, 0.3) is 0 Å². The van der Waals surface area contributed by atoms with Crippen LogP contribution < -0.4 is 14.2 Å². The van der Waals surface area contributed by atoms with Crippen molar-refractivity contribution in [3.63, 3.8) is 0 Å². The summed E-state index contributed by atoms with van der Waals surface area (Å²) in [5.74, 6) is 1.34. The Kier molecular flexibility index (Phi) is 10.4. The lowest BCUT2D eigenvalue weighted by Gasteiger charge is -2.37. The van der Waals surface area contributed by atoms with E-state index in [0.29, 0.717) is 49.6 Å². The number of hydrogen-bond acceptors (Lipinski definition) is 7. The third-order valence-electron chi connectivity index (χ3n) is 7.68. The number of rotatable bonds is 13. The zero-order chi connectivity index (χ0) is 27.9. The standard InChI is InChI=1S/C30H42FNO6/c1-20(2)30(37-7,29(33)38-26-10-8-9-21-17-22(31)11-12-24(21)26)14-16-32(3)15-13-25-27(35-5)18-23(34-4)19-28(25)36-6/h11-12,17-20,26H,8-10,13-16H2,1-7H3/t26-,30+/m0/s1. The molecule has 0 aliphatic heterocycles. The summed E-state index contributed by atoms with van der Waals surface area (Å²) in [5.41, 5.74) is 1.66. The van der Waals surface area contributed by atoms with Gasteiger partial charge in [-0.2, -0.15) is 0 Å². The topological polar surface area (TPSA) is 66.5 Å². The van der Waals surface area contributed by atoms with Crippen LogP contribution in [0, 0.1) is 11.7 Å². The van der Waals surface area contributed by atoms with E-state index in [1.165, 1.54) is 6.07 Å². The fourth-order valence-electron chi connectivity index (χ4n) is 5.23. The van der Waals surface area contributed by atoms with Gasteiger partial charge in [-0.05, 0) is 61.9 Å². The highest BCUT2D eigenvalue weighted by molar-refractivity contribution is 5.80. The number of methoxy groups -OCH3 is 4. The van der Waals surface area contributed by atoms with Gasteiger partial charge in [-0.3, -0.25) is 0 Å². The average Bonchev–Trinajstić information content (AvgIpc) is 2.91. The van der Waals surface area contributed by atoms with Crippen LogP contribution >= 0.6 is 0 Å². The van der Waals surface area contributed by atoms with Crippen molar-refractivity contribution in [2.45, 2.75) is 57.7 Å². The number of benzene rings is 2. The van der Waals surface area contributed by atoms with Crippen molar-refractivity contribution in [1.29, 1.82) is 0 Å². The minimum atomic E-state index is -1.10. The van der Waals surface area contributed by atoms with Crippen molar-refractivity contribution in [3.05, 3.63) is 52.8 Å². The summed E-state index contributed by atoms with van der Waals surface area (Å²) in [6, 6.07) is 8.41. The number of hydrogen-bond donors (Lipinski definition) is 0. The lowest BCUT2D eigenvalue weighted by atomic mass is 9.85. The van der Waals surface area contributed by atoms with Gasteiger partial charge >= 0.3 is 5.97 Å². The van der Waals surface area contributed by atoms with Crippen molar-refractivity contribution in [1.82, 2.24) is 4.90 Å². The van der Waals surface area contributed by atoms with E-state index in [2.05, 4.69) is 4.90 Å². The first-order valence-electron chi connectivity index (χ1n) is 13.2. The van der Waals surface area contributed by atoms with Crippen LogP contribution in [-0.4, -0.2) is 65.0 Å². The van der Waals surface area contributed by atoms with Gasteiger partial charge in [0.1, 0.15) is 29.2 Å². The minimum Gasteiger partial charge on any atom is -0.496 e. The zero-order valence-corrected chi connectivity index (χ0v) is 23.8. The van der Waals surface area contributed by atoms with E-state index in [9.17, 15) is 9.18 Å². The van der Waals surface area contributed by atoms with Crippen LogP contribution in [0.1, 0.15) is 55.9 Å². The predicted molar refractivity (Wildman–Crippen MR) is 145 cm³/mol. The highest BCUT2D eigenvalue weighted by Crippen LogP contribution is 2.37. The molecule has 0 N–H and O–H groups in total. The largest absolute Gasteiger partial charge is 0.496 e. The first kappa shape index (κ1) is 29.7. The molecule has 2 aromatic carbocycles. The van der Waals surface area contributed by atoms with Crippen molar-refractivity contribution in [2.24, 2.45) is 5.92 Å². The second-order valence-electron chi connectivity index (χ2n) is 10.2. The molecule has 0 saturated heterocycles. The van der Waals surface area contributed by atoms with Gasteiger partial charge in [-0.1, -0.05) is 19.9 Å². The lowest BCUT2D eigenvalue weighted by Crippen LogP contribution is -2.49. The van der Waals surface area contributed by atoms with Crippen molar-refractivity contribution >= 4 is 5.97 Å². The number of esters is 1. The number of nitrogens with zero attached hydrogens (tertiary/aromatic N) is 1. The molecule has 0 radical (unpaired) electrons. The molecule has 38 heavy (non-hydrogen) atoms. The van der Waals surface area contributed by atoms with Crippen molar-refractivity contribution in [2.75, 3.05) is 48.6 Å². The third-order valence-corrected chi connectivity index (χ3v) is 7.68. The maximum atomic E-state index is 13.7. The summed E-state index contributed by atoms with van der Waals surface area (Å²) in [6.45, 7) is 5.28. The van der Waals surface area contributed by atoms with Gasteiger partial charge in [0.05, 0.1) is 21.3 Å². The molecule has 0 spiro atoms. The Morgan fingerprint density at radius 3 is 2.32 bits per heavy atom. The predicted octanol–water partition coefficient (Wildman–Crippen LogP) is 5.38. The van der Waals surface area contributed by atoms with E-state index < -0.39 is 11.7 Å². The molecule has 2 aromatic rings. The highest BCUT2D eigenvalue weighted by Gasteiger charge is 2.44. The number of aryl methyl sites for hydroxylation is 1. The van der Waals surface area contributed by atoms with Crippen LogP contribution in [0.5, 0.6) is 17.2 Å². The number of likely N-dealkylation sites (N-methyl/N-ethyl adjacent to an activating group) is 1. The molecule has 0 heterocycles. The van der Waals surface area contributed by atoms with Crippen LogP contribution in [0.2, 0.25) is 0 Å². The summed E-state index contributed by atoms with van der Waals surface area (Å²) in [5, 5.41) is 0. The molecule has 0 unspecified atom stereocenters. The molecule has 1 aliphatic carbocycles. The summed E-state index contributed by atoms with van der Waals surface area (Å²) in [7, 11) is 8.45. The fraction of sp³-hybridized carbons (Fsp3) is 0.567. The maximum Gasteiger partial charge on any atom is 0.339 e. The molecule has 2 atom stereocenters. The number of carbonyl (C=O) groups excluding carboxylic acids is 1. The molecule has 0 amide bonds. The molecule has 0 fully saturated rings. The van der Waals surface area contributed by atoms with E-state index in [-0.39, 0.29) is 17.7 Å². The summed E-state index contributed by atoms with van der Waals surface area (Å²) in [6.07, 6.45) is 3.11. The first-order valence-corrected chi connectivity index (χ1v) is 13.2. The number of carbonyl (C=O) groups is 1. The number of ether oxygens (including phenoxy) is 5. The van der Waals surface area contributed by atoms with E-state index in [1.807, 2.05) is 33.0 Å². The third kappa shape index (κ3) is 6.59. The van der Waals surface area contributed by atoms with Crippen LogP contribution in [0.25, 0.3) is 0 Å². The molecule has 210 valence electrons. The SMILES string of the molecule is COc1cc(OC)c(CCN(C)CC[C@](OC)(C(=O)O[C@H]2CCCc3cc(F)ccc32)C(C)C)c(OC)c1. The molecule has 0 bridgehead atoms. The highest BCUT2D eigenvalue weighted by atomic mass is 19.1. The normalized spacial score (nSPS) is 16.6. The van der Waals surface area contributed by atoms with Gasteiger partial charge in [0.2, 0.25) is 0 Å². The maximum absolute atomic E-state index is 13.7. The lowest BCUT2D eigenvalue weighted by molar-refractivity contribution is -0.183. The van der Waals surface area contributed by atoms with E-state index in [4.69, 9.17) is 23.7 Å². The molecule has 1 aliphatic rings. The minimum absolute atomic E-state index is 0.105. The Labute approximate surface area is 226 Å². The summed E-state index contributed by atoms with van der Waals surface area (Å²) >= 11 is 0. The molecule has 8 heteroatoms. The Morgan fingerprint density at radius 2 is 1.74 bits per heavy atom. The quantitative estimate of drug-likeness (QED) is 0.322. The van der Waals surface area contributed by atoms with Crippen LogP contribution in [0.15, 0.2) is 30.3 Å². The summed E-state index contributed by atoms with van der Waals surface area (Å²) in [4.78, 5) is 15.8. The van der Waals surface area contributed by atoms with Crippen molar-refractivity contribution < 1.29 is 32.9 Å². The van der Waals surface area contributed by atoms with Gasteiger partial charge in [0.15, 0.2) is 5.60 Å². The van der Waals surface area contributed by atoms with Gasteiger partial charge < -0.3 is 28.6 Å². The van der Waals surface area contributed by atoms with Gasteiger partial charge in [-0.15, -0.1) is 0 Å². The summed E-state index contributed by atoms with van der Waals surface area (Å²) < 4.78 is 42.2. The monoisotopic (exact) mass is 531 g/mol. The smallest absolute Gasteiger partial charge is 0.339 e. The average molecular weight is 532 g/mol. The number of fused-ring (bicyclic) bond motifs is 1. The molecule has 7 nitrogen and oxygen atoms in total. The first-order chi connectivity index (χ1) is 18.2. The van der Waals surface area contributed by atoms with E-state index >= 15 is 0 Å². The molecule has 0 aromatic heterocycles. The van der Waals surface area contributed by atoms with E-state index in [0.717, 1.165) is 29.5 Å². The number of halogens is 1. The zero-order valence-electron chi connectivity index (χ0n) is 23.8. The second-order valence-corrected chi connectivity index (χ2v) is 10.2. The second kappa shape index (κ2) is 13.3. The van der Waals surface area contributed by atoms with Crippen LogP contribution in [0.4, 0.5) is 4.39 Å². The molecule has 0 saturated carbocycles. The molecule has 3 rings (SSSR count). The van der Waals surface area contributed by atoms with Gasteiger partial charge in [0, 0.05) is 44.3 Å². The Morgan fingerprint density at radius 1 is 1.05 bits per heavy atom. The Hall–Kier alpha value is -2.84. The van der Waals surface area contributed by atoms with Crippen LogP contribution in [0.3, 0.4) is 0 Å². The Balaban J connectivity index is 1.69. The Bertz CT molecular complexity index is 1070. The van der Waals surface area contributed by atoms with Crippen molar-refractivity contribution in [3.8, 4) is 17.2 Å². The van der Waals surface area contributed by atoms with E-state index in [1.54, 1.807) is 40.6 Å².